The lowest BCUT2D eigenvalue weighted by Crippen LogP contribution is -2.33. The van der Waals surface area contributed by atoms with Crippen LogP contribution in [-0.2, 0) is 9.59 Å². The molecular weight excluding hydrogens is 372 g/mol. The minimum absolute atomic E-state index is 0.305. The molecule has 3 aromatic carbocycles. The largest absolute Gasteiger partial charge is 0.350 e. The number of anilines is 2. The summed E-state index contributed by atoms with van der Waals surface area (Å²) in [4.78, 5) is 28.3. The summed E-state index contributed by atoms with van der Waals surface area (Å²) in [5.74, 6) is -0.653. The second kappa shape index (κ2) is 7.64. The first-order valence-corrected chi connectivity index (χ1v) is 9.97. The summed E-state index contributed by atoms with van der Waals surface area (Å²) in [6.45, 7) is 7.92. The summed E-state index contributed by atoms with van der Waals surface area (Å²) in [7, 11) is 0. The summed E-state index contributed by atoms with van der Waals surface area (Å²) in [5, 5.41) is 3.27. The van der Waals surface area contributed by atoms with E-state index in [1.807, 2.05) is 88.4 Å². The van der Waals surface area contributed by atoms with Gasteiger partial charge in [0, 0.05) is 5.69 Å². The van der Waals surface area contributed by atoms with E-state index < -0.39 is 0 Å². The molecule has 0 atom stereocenters. The first-order valence-electron chi connectivity index (χ1n) is 9.97. The molecular formula is C26H24N2O2. The molecule has 2 amide bonds. The van der Waals surface area contributed by atoms with Crippen LogP contribution in [0.2, 0.25) is 0 Å². The summed E-state index contributed by atoms with van der Waals surface area (Å²) >= 11 is 0. The van der Waals surface area contributed by atoms with Crippen molar-refractivity contribution in [1.29, 1.82) is 0 Å². The van der Waals surface area contributed by atoms with Gasteiger partial charge in [0.05, 0.1) is 11.3 Å². The van der Waals surface area contributed by atoms with Crippen LogP contribution in [0.1, 0.15) is 27.8 Å². The van der Waals surface area contributed by atoms with Crippen molar-refractivity contribution in [3.05, 3.63) is 100 Å². The van der Waals surface area contributed by atoms with Gasteiger partial charge in [-0.1, -0.05) is 60.2 Å². The Balaban J connectivity index is 1.86. The molecule has 4 nitrogen and oxygen atoms in total. The van der Waals surface area contributed by atoms with E-state index in [0.717, 1.165) is 33.5 Å². The van der Waals surface area contributed by atoms with Gasteiger partial charge in [-0.3, -0.25) is 9.59 Å². The monoisotopic (exact) mass is 396 g/mol. The Bertz CT molecular complexity index is 1190. The van der Waals surface area contributed by atoms with Crippen LogP contribution in [0.15, 0.2) is 72.4 Å². The van der Waals surface area contributed by atoms with E-state index in [4.69, 9.17) is 0 Å². The van der Waals surface area contributed by atoms with Crippen molar-refractivity contribution in [3.8, 4) is 0 Å². The minimum Gasteiger partial charge on any atom is -0.350 e. The summed E-state index contributed by atoms with van der Waals surface area (Å²) < 4.78 is 0. The second-order valence-electron chi connectivity index (χ2n) is 7.72. The maximum atomic E-state index is 13.5. The fourth-order valence-electron chi connectivity index (χ4n) is 3.80. The zero-order valence-electron chi connectivity index (χ0n) is 17.6. The van der Waals surface area contributed by atoms with Gasteiger partial charge in [0.1, 0.15) is 5.70 Å². The molecule has 1 aliphatic heterocycles. The lowest BCUT2D eigenvalue weighted by molar-refractivity contribution is -0.120. The smallest absolute Gasteiger partial charge is 0.282 e. The number of aryl methyl sites for hydroxylation is 3. The van der Waals surface area contributed by atoms with Crippen molar-refractivity contribution in [3.63, 3.8) is 0 Å². The first-order chi connectivity index (χ1) is 14.4. The van der Waals surface area contributed by atoms with Crippen molar-refractivity contribution in [2.45, 2.75) is 27.7 Å². The number of rotatable bonds is 4. The average Bonchev–Trinajstić information content (AvgIpc) is 2.96. The molecule has 0 radical (unpaired) electrons. The molecule has 0 bridgehead atoms. The van der Waals surface area contributed by atoms with Gasteiger partial charge in [0.2, 0.25) is 0 Å². The number of hydrogen-bond donors (Lipinski definition) is 1. The van der Waals surface area contributed by atoms with Gasteiger partial charge in [0.25, 0.3) is 11.8 Å². The Morgan fingerprint density at radius 2 is 1.47 bits per heavy atom. The van der Waals surface area contributed by atoms with E-state index in [1.54, 1.807) is 0 Å². The third-order valence-corrected chi connectivity index (χ3v) is 5.60. The quantitative estimate of drug-likeness (QED) is 0.608. The van der Waals surface area contributed by atoms with Gasteiger partial charge in [-0.05, 0) is 62.1 Å². The molecule has 150 valence electrons. The highest BCUT2D eigenvalue weighted by Gasteiger charge is 2.41. The molecule has 30 heavy (non-hydrogen) atoms. The standard InChI is InChI=1S/C26H24N2O2/c1-16-13-14-21(18(3)15-16)27-24-23(20-10-6-5-7-11-20)25(29)28(26(24)30)22-12-8-9-17(2)19(22)4/h5-15,27H,1-4H3. The topological polar surface area (TPSA) is 49.4 Å². The third-order valence-electron chi connectivity index (χ3n) is 5.60. The van der Waals surface area contributed by atoms with Crippen molar-refractivity contribution >= 4 is 28.8 Å². The van der Waals surface area contributed by atoms with Crippen LogP contribution in [0.25, 0.3) is 5.57 Å². The molecule has 0 saturated heterocycles. The lowest BCUT2D eigenvalue weighted by Gasteiger charge is -2.19. The molecule has 4 heteroatoms. The van der Waals surface area contributed by atoms with Crippen molar-refractivity contribution < 1.29 is 9.59 Å². The van der Waals surface area contributed by atoms with Gasteiger partial charge >= 0.3 is 0 Å². The van der Waals surface area contributed by atoms with Crippen LogP contribution in [0.5, 0.6) is 0 Å². The summed E-state index contributed by atoms with van der Waals surface area (Å²) in [6.07, 6.45) is 0. The van der Waals surface area contributed by atoms with Crippen LogP contribution in [-0.4, -0.2) is 11.8 Å². The van der Waals surface area contributed by atoms with Crippen molar-refractivity contribution in [2.75, 3.05) is 10.2 Å². The van der Waals surface area contributed by atoms with Gasteiger partial charge in [0.15, 0.2) is 0 Å². The number of carbonyl (C=O) groups is 2. The number of nitrogens with one attached hydrogen (secondary N) is 1. The van der Waals surface area contributed by atoms with E-state index in [2.05, 4.69) is 11.4 Å². The minimum atomic E-state index is -0.340. The van der Waals surface area contributed by atoms with Crippen LogP contribution in [0.3, 0.4) is 0 Å². The number of nitrogens with zero attached hydrogens (tertiary/aromatic N) is 1. The molecule has 0 unspecified atom stereocenters. The Morgan fingerprint density at radius 3 is 2.17 bits per heavy atom. The molecule has 0 fully saturated rings. The van der Waals surface area contributed by atoms with E-state index >= 15 is 0 Å². The van der Waals surface area contributed by atoms with E-state index in [9.17, 15) is 9.59 Å². The molecule has 1 N–H and O–H groups in total. The van der Waals surface area contributed by atoms with E-state index in [1.165, 1.54) is 4.90 Å². The van der Waals surface area contributed by atoms with Crippen molar-refractivity contribution in [1.82, 2.24) is 0 Å². The lowest BCUT2D eigenvalue weighted by atomic mass is 10.0. The Hall–Kier alpha value is -3.66. The van der Waals surface area contributed by atoms with Crippen LogP contribution >= 0.6 is 0 Å². The highest BCUT2D eigenvalue weighted by Crippen LogP contribution is 2.36. The number of amides is 2. The van der Waals surface area contributed by atoms with Gasteiger partial charge in [-0.25, -0.2) is 4.90 Å². The highest BCUT2D eigenvalue weighted by molar-refractivity contribution is 6.46. The SMILES string of the molecule is Cc1ccc(NC2=C(c3ccccc3)C(=O)N(c3cccc(C)c3C)C2=O)c(C)c1. The maximum absolute atomic E-state index is 13.5. The highest BCUT2D eigenvalue weighted by atomic mass is 16.2. The Morgan fingerprint density at radius 1 is 0.733 bits per heavy atom. The van der Waals surface area contributed by atoms with Gasteiger partial charge in [-0.2, -0.15) is 0 Å². The predicted molar refractivity (Wildman–Crippen MR) is 121 cm³/mol. The maximum Gasteiger partial charge on any atom is 0.282 e. The number of benzene rings is 3. The van der Waals surface area contributed by atoms with Gasteiger partial charge < -0.3 is 5.32 Å². The fourth-order valence-corrected chi connectivity index (χ4v) is 3.80. The molecule has 4 rings (SSSR count). The molecule has 0 aromatic heterocycles. The normalized spacial score (nSPS) is 13.9. The zero-order valence-corrected chi connectivity index (χ0v) is 17.6. The van der Waals surface area contributed by atoms with E-state index in [-0.39, 0.29) is 11.8 Å². The molecule has 0 saturated carbocycles. The Kier molecular flexibility index (Phi) is 5.00. The molecule has 3 aromatic rings. The molecule has 0 spiro atoms. The molecule has 1 aliphatic rings. The summed E-state index contributed by atoms with van der Waals surface area (Å²) in [6, 6.07) is 21.0. The fraction of sp³-hybridized carbons (Fsp3) is 0.154. The Labute approximate surface area is 176 Å². The predicted octanol–water partition coefficient (Wildman–Crippen LogP) is 5.32. The van der Waals surface area contributed by atoms with E-state index in [0.29, 0.717) is 17.0 Å². The van der Waals surface area contributed by atoms with Crippen molar-refractivity contribution in [2.24, 2.45) is 0 Å². The number of hydrogen-bond acceptors (Lipinski definition) is 3. The van der Waals surface area contributed by atoms with Crippen LogP contribution in [0.4, 0.5) is 11.4 Å². The number of carbonyl (C=O) groups excluding carboxylic acids is 2. The third kappa shape index (κ3) is 3.30. The number of imide groups is 1. The first kappa shape index (κ1) is 19.6. The second-order valence-corrected chi connectivity index (χ2v) is 7.72. The van der Waals surface area contributed by atoms with Crippen LogP contribution < -0.4 is 10.2 Å². The van der Waals surface area contributed by atoms with Gasteiger partial charge in [-0.15, -0.1) is 0 Å². The average molecular weight is 396 g/mol. The van der Waals surface area contributed by atoms with Crippen LogP contribution in [0, 0.1) is 27.7 Å². The molecule has 1 heterocycles. The zero-order chi connectivity index (χ0) is 21.4. The molecule has 0 aliphatic carbocycles. The summed E-state index contributed by atoms with van der Waals surface area (Å²) in [5.41, 5.74) is 6.95.